The van der Waals surface area contributed by atoms with Crippen LogP contribution in [-0.2, 0) is 9.47 Å². The van der Waals surface area contributed by atoms with Gasteiger partial charge in [0.1, 0.15) is 5.58 Å². The maximum absolute atomic E-state index is 13.0. The SMILES string of the molecule is Cc1c(C(=O)N2CC3(C[C@@H](OCC4CCOCC4)CS3)C2)oc2ccccc12. The van der Waals surface area contributed by atoms with Gasteiger partial charge >= 0.3 is 0 Å². The molecule has 6 heteroatoms. The number of carbonyl (C=O) groups excluding carboxylic acids is 1. The maximum atomic E-state index is 13.0. The number of fused-ring (bicyclic) bond motifs is 1. The number of furan rings is 1. The Balaban J connectivity index is 1.16. The lowest BCUT2D eigenvalue weighted by molar-refractivity contribution is -0.0120. The molecule has 4 heterocycles. The van der Waals surface area contributed by atoms with Crippen LogP contribution in [0.25, 0.3) is 11.0 Å². The largest absolute Gasteiger partial charge is 0.451 e. The van der Waals surface area contributed by atoms with Crippen LogP contribution in [0.2, 0.25) is 0 Å². The number of ether oxygens (including phenoxy) is 2. The summed E-state index contributed by atoms with van der Waals surface area (Å²) in [6, 6.07) is 7.85. The highest BCUT2D eigenvalue weighted by atomic mass is 32.2. The minimum atomic E-state index is 0.0199. The molecular weight excluding hydrogens is 374 g/mol. The highest BCUT2D eigenvalue weighted by molar-refractivity contribution is 8.01. The van der Waals surface area contributed by atoms with Crippen molar-refractivity contribution in [1.82, 2.24) is 4.90 Å². The predicted octanol–water partition coefficient (Wildman–Crippen LogP) is 3.88. The molecule has 150 valence electrons. The molecule has 1 aromatic carbocycles. The molecule has 0 saturated carbocycles. The van der Waals surface area contributed by atoms with E-state index in [0.717, 1.165) is 74.5 Å². The highest BCUT2D eigenvalue weighted by Gasteiger charge is 2.51. The van der Waals surface area contributed by atoms with E-state index in [2.05, 4.69) is 0 Å². The molecule has 0 N–H and O–H groups in total. The fourth-order valence-corrected chi connectivity index (χ4v) is 6.18. The van der Waals surface area contributed by atoms with E-state index in [0.29, 0.717) is 17.8 Å². The summed E-state index contributed by atoms with van der Waals surface area (Å²) in [5.41, 5.74) is 1.73. The third kappa shape index (κ3) is 3.36. The number of aryl methyl sites for hydroxylation is 1. The summed E-state index contributed by atoms with van der Waals surface area (Å²) in [5.74, 6) is 2.19. The van der Waals surface area contributed by atoms with Gasteiger partial charge in [-0.3, -0.25) is 4.79 Å². The quantitative estimate of drug-likeness (QED) is 0.778. The molecule has 1 aromatic heterocycles. The number of hydrogen-bond donors (Lipinski definition) is 0. The average molecular weight is 402 g/mol. The molecule has 5 nitrogen and oxygen atoms in total. The van der Waals surface area contributed by atoms with Gasteiger partial charge in [0.15, 0.2) is 5.76 Å². The average Bonchev–Trinajstić information content (AvgIpc) is 3.28. The first-order valence-corrected chi connectivity index (χ1v) is 11.2. The summed E-state index contributed by atoms with van der Waals surface area (Å²) < 4.78 is 17.7. The molecule has 0 radical (unpaired) electrons. The number of rotatable bonds is 4. The number of hydrogen-bond acceptors (Lipinski definition) is 5. The number of amides is 1. The minimum Gasteiger partial charge on any atom is -0.451 e. The van der Waals surface area contributed by atoms with E-state index >= 15 is 0 Å². The Morgan fingerprint density at radius 3 is 2.86 bits per heavy atom. The Hall–Kier alpha value is -1.50. The molecule has 1 spiro atoms. The molecule has 3 fully saturated rings. The van der Waals surface area contributed by atoms with Crippen LogP contribution < -0.4 is 0 Å². The third-order valence-electron chi connectivity index (χ3n) is 6.37. The molecule has 28 heavy (non-hydrogen) atoms. The zero-order valence-corrected chi connectivity index (χ0v) is 17.1. The van der Waals surface area contributed by atoms with Gasteiger partial charge in [0.2, 0.25) is 0 Å². The lowest BCUT2D eigenvalue weighted by atomic mass is 9.92. The first kappa shape index (κ1) is 18.5. The summed E-state index contributed by atoms with van der Waals surface area (Å²) in [6.07, 6.45) is 3.59. The van der Waals surface area contributed by atoms with E-state index in [-0.39, 0.29) is 10.7 Å². The summed E-state index contributed by atoms with van der Waals surface area (Å²) >= 11 is 1.98. The Morgan fingerprint density at radius 2 is 2.07 bits per heavy atom. The van der Waals surface area contributed by atoms with Gasteiger partial charge in [0.05, 0.1) is 10.9 Å². The monoisotopic (exact) mass is 401 g/mol. The third-order valence-corrected chi connectivity index (χ3v) is 7.94. The van der Waals surface area contributed by atoms with Crippen LogP contribution in [0.1, 0.15) is 35.4 Å². The van der Waals surface area contributed by atoms with E-state index in [4.69, 9.17) is 13.9 Å². The van der Waals surface area contributed by atoms with Gasteiger partial charge < -0.3 is 18.8 Å². The van der Waals surface area contributed by atoms with Crippen LogP contribution in [-0.4, -0.2) is 60.3 Å². The van der Waals surface area contributed by atoms with Gasteiger partial charge in [0, 0.05) is 49.6 Å². The van der Waals surface area contributed by atoms with E-state index in [1.54, 1.807) is 0 Å². The van der Waals surface area contributed by atoms with E-state index < -0.39 is 0 Å². The number of carbonyl (C=O) groups is 1. The number of thioether (sulfide) groups is 1. The smallest absolute Gasteiger partial charge is 0.289 e. The fourth-order valence-electron chi connectivity index (χ4n) is 4.63. The van der Waals surface area contributed by atoms with Crippen LogP contribution in [0.5, 0.6) is 0 Å². The summed E-state index contributed by atoms with van der Waals surface area (Å²) in [5, 5.41) is 1.03. The summed E-state index contributed by atoms with van der Waals surface area (Å²) in [4.78, 5) is 14.9. The lowest BCUT2D eigenvalue weighted by Crippen LogP contribution is -2.60. The molecule has 0 unspecified atom stereocenters. The van der Waals surface area contributed by atoms with Crippen molar-refractivity contribution < 1.29 is 18.7 Å². The van der Waals surface area contributed by atoms with Crippen LogP contribution >= 0.6 is 11.8 Å². The van der Waals surface area contributed by atoms with Crippen molar-refractivity contribution in [2.45, 2.75) is 37.0 Å². The maximum Gasteiger partial charge on any atom is 0.289 e. The van der Waals surface area contributed by atoms with Crippen molar-refractivity contribution in [2.75, 3.05) is 38.7 Å². The van der Waals surface area contributed by atoms with Crippen LogP contribution in [0.3, 0.4) is 0 Å². The Kier molecular flexibility index (Phi) is 4.89. The summed E-state index contributed by atoms with van der Waals surface area (Å²) in [6.45, 7) is 6.16. The molecule has 3 saturated heterocycles. The Labute approximate surface area is 169 Å². The first-order chi connectivity index (χ1) is 13.6. The number of benzene rings is 1. The fraction of sp³-hybridized carbons (Fsp3) is 0.591. The molecule has 1 atom stereocenters. The van der Waals surface area contributed by atoms with Crippen LogP contribution in [0.4, 0.5) is 0 Å². The minimum absolute atomic E-state index is 0.0199. The Morgan fingerprint density at radius 1 is 1.29 bits per heavy atom. The topological polar surface area (TPSA) is 51.9 Å². The van der Waals surface area contributed by atoms with Crippen molar-refractivity contribution in [3.05, 3.63) is 35.6 Å². The van der Waals surface area contributed by atoms with Gasteiger partial charge in [-0.25, -0.2) is 0 Å². The zero-order chi connectivity index (χ0) is 19.1. The second-order valence-electron chi connectivity index (χ2n) is 8.42. The zero-order valence-electron chi connectivity index (χ0n) is 16.3. The number of nitrogens with zero attached hydrogens (tertiary/aromatic N) is 1. The number of likely N-dealkylation sites (tertiary alicyclic amines) is 1. The predicted molar refractivity (Wildman–Crippen MR) is 110 cm³/mol. The second kappa shape index (κ2) is 7.39. The van der Waals surface area contributed by atoms with E-state index in [9.17, 15) is 4.79 Å². The second-order valence-corrected chi connectivity index (χ2v) is 9.91. The molecule has 2 aromatic rings. The van der Waals surface area contributed by atoms with E-state index in [1.165, 1.54) is 0 Å². The van der Waals surface area contributed by atoms with E-state index in [1.807, 2.05) is 47.9 Å². The lowest BCUT2D eigenvalue weighted by Gasteiger charge is -2.47. The Bertz CT molecular complexity index is 867. The first-order valence-electron chi connectivity index (χ1n) is 10.2. The molecule has 0 bridgehead atoms. The molecule has 5 rings (SSSR count). The normalized spacial score (nSPS) is 24.8. The number of para-hydroxylation sites is 1. The van der Waals surface area contributed by atoms with Gasteiger partial charge in [-0.05, 0) is 38.2 Å². The van der Waals surface area contributed by atoms with Crippen molar-refractivity contribution in [1.29, 1.82) is 0 Å². The summed E-state index contributed by atoms with van der Waals surface area (Å²) in [7, 11) is 0. The highest BCUT2D eigenvalue weighted by Crippen LogP contribution is 2.46. The van der Waals surface area contributed by atoms with Gasteiger partial charge in [0.25, 0.3) is 5.91 Å². The molecule has 1 amide bonds. The van der Waals surface area contributed by atoms with Crippen molar-refractivity contribution >= 4 is 28.6 Å². The molecule has 0 aliphatic carbocycles. The van der Waals surface area contributed by atoms with Gasteiger partial charge in [-0.2, -0.15) is 0 Å². The van der Waals surface area contributed by atoms with Crippen molar-refractivity contribution in [3.63, 3.8) is 0 Å². The van der Waals surface area contributed by atoms with Crippen LogP contribution in [0.15, 0.2) is 28.7 Å². The standard InChI is InChI=1S/C22H27NO4S/c1-15-18-4-2-3-5-19(18)27-20(15)21(24)23-13-22(14-23)10-17(12-28-22)26-11-16-6-8-25-9-7-16/h2-5,16-17H,6-14H2,1H3/t17-/m1/s1. The van der Waals surface area contributed by atoms with Crippen molar-refractivity contribution in [3.8, 4) is 0 Å². The van der Waals surface area contributed by atoms with Crippen molar-refractivity contribution in [2.24, 2.45) is 5.92 Å². The molecular formula is C22H27NO4S. The van der Waals surface area contributed by atoms with Crippen LogP contribution in [0, 0.1) is 12.8 Å². The molecule has 3 aliphatic heterocycles. The van der Waals surface area contributed by atoms with Gasteiger partial charge in [-0.1, -0.05) is 18.2 Å². The molecule has 3 aliphatic rings. The van der Waals surface area contributed by atoms with Gasteiger partial charge in [-0.15, -0.1) is 11.8 Å².